The standard InChI is InChI=1S/C28H25FN4O4/c1-19-7-12-24-23(17-19)25(26(33(36)37)28(35)32(24)18-20-5-3-2-4-6-20)30-13-15-31(16-14-30)27(34)21-8-10-22(29)11-9-21/h2-12,17H,13-16,18H2,1H3. The number of pyridine rings is 1. The lowest BCUT2D eigenvalue weighted by Gasteiger charge is -2.36. The van der Waals surface area contributed by atoms with Crippen molar-refractivity contribution in [3.05, 3.63) is 116 Å². The smallest absolute Gasteiger partial charge is 0.357 e. The van der Waals surface area contributed by atoms with E-state index >= 15 is 0 Å². The maximum atomic E-state index is 13.6. The van der Waals surface area contributed by atoms with E-state index in [4.69, 9.17) is 0 Å². The van der Waals surface area contributed by atoms with Crippen molar-refractivity contribution in [1.82, 2.24) is 9.47 Å². The molecule has 1 aliphatic rings. The van der Waals surface area contributed by atoms with Gasteiger partial charge in [0.1, 0.15) is 11.5 Å². The normalized spacial score (nSPS) is 13.7. The van der Waals surface area contributed by atoms with Crippen molar-refractivity contribution < 1.29 is 14.1 Å². The lowest BCUT2D eigenvalue weighted by Crippen LogP contribution is -2.49. The van der Waals surface area contributed by atoms with E-state index in [2.05, 4.69) is 0 Å². The van der Waals surface area contributed by atoms with Crippen molar-refractivity contribution in [1.29, 1.82) is 0 Å². The Hall–Kier alpha value is -4.53. The van der Waals surface area contributed by atoms with E-state index in [1.54, 1.807) is 4.90 Å². The Bertz CT molecular complexity index is 1540. The van der Waals surface area contributed by atoms with Crippen LogP contribution in [0.1, 0.15) is 21.5 Å². The van der Waals surface area contributed by atoms with Gasteiger partial charge in [-0.1, -0.05) is 42.0 Å². The van der Waals surface area contributed by atoms with Crippen LogP contribution < -0.4 is 10.5 Å². The number of piperazine rings is 1. The number of halogens is 1. The van der Waals surface area contributed by atoms with E-state index in [0.29, 0.717) is 42.6 Å². The minimum Gasteiger partial charge on any atom is -0.362 e. The summed E-state index contributed by atoms with van der Waals surface area (Å²) in [7, 11) is 0. The minimum absolute atomic E-state index is 0.209. The number of hydrogen-bond donors (Lipinski definition) is 0. The third-order valence-electron chi connectivity index (χ3n) is 6.71. The minimum atomic E-state index is -0.662. The maximum absolute atomic E-state index is 13.6. The topological polar surface area (TPSA) is 88.7 Å². The van der Waals surface area contributed by atoms with Crippen LogP contribution in [-0.2, 0) is 6.54 Å². The first kappa shape index (κ1) is 24.2. The van der Waals surface area contributed by atoms with Crippen LogP contribution in [0.3, 0.4) is 0 Å². The van der Waals surface area contributed by atoms with Crippen LogP contribution >= 0.6 is 0 Å². The van der Waals surface area contributed by atoms with Gasteiger partial charge in [-0.2, -0.15) is 0 Å². The highest BCUT2D eigenvalue weighted by atomic mass is 19.1. The zero-order valence-corrected chi connectivity index (χ0v) is 20.3. The summed E-state index contributed by atoms with van der Waals surface area (Å²) < 4.78 is 14.7. The van der Waals surface area contributed by atoms with Gasteiger partial charge in [0.25, 0.3) is 5.91 Å². The third kappa shape index (κ3) is 4.67. The molecule has 2 heterocycles. The molecule has 1 aromatic heterocycles. The van der Waals surface area contributed by atoms with Crippen molar-refractivity contribution in [2.24, 2.45) is 0 Å². The number of aromatic nitrogens is 1. The number of rotatable bonds is 5. The first-order chi connectivity index (χ1) is 17.8. The molecule has 0 aliphatic carbocycles. The van der Waals surface area contributed by atoms with Crippen molar-refractivity contribution in [3.8, 4) is 0 Å². The highest BCUT2D eigenvalue weighted by Crippen LogP contribution is 2.35. The molecule has 0 radical (unpaired) electrons. The Morgan fingerprint density at radius 2 is 1.65 bits per heavy atom. The molecule has 1 aliphatic heterocycles. The van der Waals surface area contributed by atoms with Gasteiger partial charge in [-0.15, -0.1) is 0 Å². The van der Waals surface area contributed by atoms with Crippen LogP contribution in [0.5, 0.6) is 0 Å². The Morgan fingerprint density at radius 3 is 2.30 bits per heavy atom. The highest BCUT2D eigenvalue weighted by Gasteiger charge is 2.32. The number of amides is 1. The van der Waals surface area contributed by atoms with Crippen LogP contribution in [0.4, 0.5) is 15.8 Å². The van der Waals surface area contributed by atoms with Gasteiger partial charge >= 0.3 is 11.2 Å². The molecule has 0 unspecified atom stereocenters. The molecular formula is C28H25FN4O4. The third-order valence-corrected chi connectivity index (χ3v) is 6.71. The molecule has 8 nitrogen and oxygen atoms in total. The number of anilines is 1. The summed E-state index contributed by atoms with van der Waals surface area (Å²) in [5.74, 6) is -0.647. The van der Waals surface area contributed by atoms with Gasteiger partial charge in [-0.3, -0.25) is 24.3 Å². The van der Waals surface area contributed by atoms with Crippen LogP contribution in [-0.4, -0.2) is 46.5 Å². The molecule has 1 saturated heterocycles. The molecular weight excluding hydrogens is 475 g/mol. The Kier molecular flexibility index (Phi) is 6.43. The summed E-state index contributed by atoms with van der Waals surface area (Å²) in [6.07, 6.45) is 0. The van der Waals surface area contributed by atoms with Gasteiger partial charge in [0.15, 0.2) is 0 Å². The van der Waals surface area contributed by atoms with E-state index < -0.39 is 22.0 Å². The second-order valence-electron chi connectivity index (χ2n) is 9.14. The van der Waals surface area contributed by atoms with Gasteiger partial charge in [-0.25, -0.2) is 4.39 Å². The van der Waals surface area contributed by atoms with Gasteiger partial charge in [0.05, 0.1) is 17.0 Å². The first-order valence-corrected chi connectivity index (χ1v) is 12.0. The fourth-order valence-corrected chi connectivity index (χ4v) is 4.86. The number of nitro groups is 1. The predicted octanol–water partition coefficient (Wildman–Crippen LogP) is 4.37. The Labute approximate surface area is 212 Å². The highest BCUT2D eigenvalue weighted by molar-refractivity contribution is 5.98. The average molecular weight is 501 g/mol. The van der Waals surface area contributed by atoms with E-state index in [0.717, 1.165) is 11.1 Å². The summed E-state index contributed by atoms with van der Waals surface area (Å²) in [5.41, 5.74) is 1.93. The average Bonchev–Trinajstić information content (AvgIpc) is 2.90. The number of hydrogen-bond acceptors (Lipinski definition) is 5. The lowest BCUT2D eigenvalue weighted by molar-refractivity contribution is -0.385. The summed E-state index contributed by atoms with van der Waals surface area (Å²) in [4.78, 5) is 41.6. The predicted molar refractivity (Wildman–Crippen MR) is 140 cm³/mol. The molecule has 3 aromatic carbocycles. The molecule has 0 N–H and O–H groups in total. The molecule has 0 saturated carbocycles. The number of fused-ring (bicyclic) bond motifs is 1. The first-order valence-electron chi connectivity index (χ1n) is 12.0. The molecule has 5 rings (SSSR count). The Balaban J connectivity index is 1.54. The van der Waals surface area contributed by atoms with Gasteiger partial charge in [0.2, 0.25) is 0 Å². The van der Waals surface area contributed by atoms with Crippen molar-refractivity contribution in [2.75, 3.05) is 31.1 Å². The molecule has 0 atom stereocenters. The molecule has 1 amide bonds. The summed E-state index contributed by atoms with van der Waals surface area (Å²) in [5, 5.41) is 12.9. The molecule has 1 fully saturated rings. The van der Waals surface area contributed by atoms with Crippen LogP contribution in [0, 0.1) is 22.9 Å². The molecule has 37 heavy (non-hydrogen) atoms. The fraction of sp³-hybridized carbons (Fsp3) is 0.214. The maximum Gasteiger partial charge on any atom is 0.357 e. The second-order valence-corrected chi connectivity index (χ2v) is 9.14. The van der Waals surface area contributed by atoms with E-state index in [1.165, 1.54) is 28.8 Å². The van der Waals surface area contributed by atoms with Crippen molar-refractivity contribution in [3.63, 3.8) is 0 Å². The number of carbonyl (C=O) groups excluding carboxylic acids is 1. The zero-order chi connectivity index (χ0) is 26.1. The quantitative estimate of drug-likeness (QED) is 0.300. The fourth-order valence-electron chi connectivity index (χ4n) is 4.86. The van der Waals surface area contributed by atoms with Gasteiger partial charge in [0, 0.05) is 37.1 Å². The van der Waals surface area contributed by atoms with Crippen LogP contribution in [0.25, 0.3) is 10.9 Å². The van der Waals surface area contributed by atoms with Crippen molar-refractivity contribution >= 4 is 28.2 Å². The van der Waals surface area contributed by atoms with Gasteiger partial charge < -0.3 is 9.80 Å². The summed E-state index contributed by atoms with van der Waals surface area (Å²) >= 11 is 0. The summed E-state index contributed by atoms with van der Waals surface area (Å²) in [6.45, 7) is 3.38. The number of benzene rings is 3. The summed E-state index contributed by atoms with van der Waals surface area (Å²) in [6, 6.07) is 20.3. The number of aryl methyl sites for hydroxylation is 1. The molecule has 188 valence electrons. The SMILES string of the molecule is Cc1ccc2c(c1)c(N1CCN(C(=O)c3ccc(F)cc3)CC1)c([N+](=O)[O-])c(=O)n2Cc1ccccc1. The number of nitrogens with zero attached hydrogens (tertiary/aromatic N) is 4. The monoisotopic (exact) mass is 500 g/mol. The molecule has 4 aromatic rings. The molecule has 0 spiro atoms. The lowest BCUT2D eigenvalue weighted by atomic mass is 10.1. The number of carbonyl (C=O) groups is 1. The van der Waals surface area contributed by atoms with Crippen LogP contribution in [0.2, 0.25) is 0 Å². The van der Waals surface area contributed by atoms with Crippen molar-refractivity contribution in [2.45, 2.75) is 13.5 Å². The largest absolute Gasteiger partial charge is 0.362 e. The van der Waals surface area contributed by atoms with E-state index in [-0.39, 0.29) is 18.1 Å². The molecule has 0 bridgehead atoms. The zero-order valence-electron chi connectivity index (χ0n) is 20.3. The van der Waals surface area contributed by atoms with Crippen LogP contribution in [0.15, 0.2) is 77.6 Å². The van der Waals surface area contributed by atoms with Gasteiger partial charge in [-0.05, 0) is 48.9 Å². The second kappa shape index (κ2) is 9.85. The Morgan fingerprint density at radius 1 is 0.973 bits per heavy atom. The van der Waals surface area contributed by atoms with E-state index in [9.17, 15) is 24.1 Å². The molecule has 9 heteroatoms. The van der Waals surface area contributed by atoms with E-state index in [1.807, 2.05) is 60.4 Å².